The summed E-state index contributed by atoms with van der Waals surface area (Å²) in [7, 11) is 0. The van der Waals surface area contributed by atoms with Gasteiger partial charge in [-0.25, -0.2) is 4.98 Å². The van der Waals surface area contributed by atoms with E-state index in [4.69, 9.17) is 21.3 Å². The van der Waals surface area contributed by atoms with E-state index in [1.54, 1.807) is 0 Å². The highest BCUT2D eigenvalue weighted by molar-refractivity contribution is 6.31. The molecule has 4 heteroatoms. The Labute approximate surface area is 151 Å². The van der Waals surface area contributed by atoms with E-state index in [1.807, 2.05) is 72.8 Å². The van der Waals surface area contributed by atoms with Gasteiger partial charge in [0.2, 0.25) is 0 Å². The molecule has 0 amide bonds. The van der Waals surface area contributed by atoms with E-state index >= 15 is 0 Å². The molecule has 0 unspecified atom stereocenters. The molecule has 0 aliphatic carbocycles. The number of ether oxygens (including phenoxy) is 1. The molecule has 0 aliphatic rings. The first kappa shape index (κ1) is 15.7. The van der Waals surface area contributed by atoms with Gasteiger partial charge in [-0.15, -0.1) is 0 Å². The average molecular weight is 349 g/mol. The first-order valence-corrected chi connectivity index (χ1v) is 8.54. The predicted octanol–water partition coefficient (Wildman–Crippen LogP) is 5.32. The quantitative estimate of drug-likeness (QED) is 0.488. The van der Waals surface area contributed by atoms with E-state index in [1.165, 1.54) is 0 Å². The van der Waals surface area contributed by atoms with E-state index in [0.717, 1.165) is 33.2 Å². The van der Waals surface area contributed by atoms with Gasteiger partial charge in [0.05, 0.1) is 17.6 Å². The maximum Gasteiger partial charge on any atom is 0.148 e. The van der Waals surface area contributed by atoms with Crippen LogP contribution in [0.25, 0.3) is 11.0 Å². The molecule has 0 aliphatic heterocycles. The van der Waals surface area contributed by atoms with Crippen LogP contribution in [0.15, 0.2) is 78.9 Å². The van der Waals surface area contributed by atoms with Crippen LogP contribution in [-0.4, -0.2) is 9.55 Å². The second kappa shape index (κ2) is 6.99. The third-order valence-corrected chi connectivity index (χ3v) is 4.50. The van der Waals surface area contributed by atoms with E-state index in [9.17, 15) is 0 Å². The third-order valence-electron chi connectivity index (χ3n) is 4.13. The number of hydrogen-bond acceptors (Lipinski definition) is 2. The summed E-state index contributed by atoms with van der Waals surface area (Å²) in [6.07, 6.45) is 0. The monoisotopic (exact) mass is 348 g/mol. The van der Waals surface area contributed by atoms with Crippen molar-refractivity contribution in [3.63, 3.8) is 0 Å². The van der Waals surface area contributed by atoms with Gasteiger partial charge in [0.1, 0.15) is 18.2 Å². The van der Waals surface area contributed by atoms with E-state index < -0.39 is 0 Å². The lowest BCUT2D eigenvalue weighted by Gasteiger charge is -2.11. The number of imidazole rings is 1. The van der Waals surface area contributed by atoms with Crippen molar-refractivity contribution in [2.24, 2.45) is 0 Å². The van der Waals surface area contributed by atoms with Crippen molar-refractivity contribution in [2.45, 2.75) is 13.2 Å². The molecular weight excluding hydrogens is 332 g/mol. The van der Waals surface area contributed by atoms with E-state index in [2.05, 4.69) is 10.6 Å². The van der Waals surface area contributed by atoms with Crippen LogP contribution in [-0.2, 0) is 13.2 Å². The first-order valence-electron chi connectivity index (χ1n) is 8.16. The van der Waals surface area contributed by atoms with Crippen LogP contribution >= 0.6 is 11.6 Å². The largest absolute Gasteiger partial charge is 0.486 e. The molecule has 4 aromatic rings. The highest BCUT2D eigenvalue weighted by Crippen LogP contribution is 2.22. The van der Waals surface area contributed by atoms with Crippen molar-refractivity contribution in [3.8, 4) is 5.75 Å². The van der Waals surface area contributed by atoms with Crippen LogP contribution in [0.4, 0.5) is 0 Å². The summed E-state index contributed by atoms with van der Waals surface area (Å²) in [5.74, 6) is 1.71. The number of benzene rings is 3. The molecule has 0 bridgehead atoms. The number of rotatable bonds is 5. The number of hydrogen-bond donors (Lipinski definition) is 0. The zero-order valence-corrected chi connectivity index (χ0v) is 14.4. The van der Waals surface area contributed by atoms with Crippen molar-refractivity contribution in [1.29, 1.82) is 0 Å². The van der Waals surface area contributed by atoms with Crippen molar-refractivity contribution in [1.82, 2.24) is 9.55 Å². The Kier molecular flexibility index (Phi) is 4.40. The summed E-state index contributed by atoms with van der Waals surface area (Å²) in [5.41, 5.74) is 3.10. The van der Waals surface area contributed by atoms with Gasteiger partial charge in [-0.05, 0) is 35.9 Å². The minimum Gasteiger partial charge on any atom is -0.486 e. The van der Waals surface area contributed by atoms with E-state index in [-0.39, 0.29) is 0 Å². The summed E-state index contributed by atoms with van der Waals surface area (Å²) >= 11 is 6.35. The number of para-hydroxylation sites is 3. The molecule has 124 valence electrons. The van der Waals surface area contributed by atoms with Crippen LogP contribution in [0.1, 0.15) is 11.4 Å². The van der Waals surface area contributed by atoms with Crippen molar-refractivity contribution >= 4 is 22.6 Å². The Balaban J connectivity index is 1.69. The summed E-state index contributed by atoms with van der Waals surface area (Å²) in [6, 6.07) is 25.8. The Morgan fingerprint density at radius 1 is 0.840 bits per heavy atom. The second-order valence-corrected chi connectivity index (χ2v) is 6.20. The fourth-order valence-electron chi connectivity index (χ4n) is 2.87. The van der Waals surface area contributed by atoms with Crippen LogP contribution in [0.2, 0.25) is 5.02 Å². The average Bonchev–Trinajstić information content (AvgIpc) is 3.00. The fraction of sp³-hybridized carbons (Fsp3) is 0.0952. The second-order valence-electron chi connectivity index (χ2n) is 5.80. The molecular formula is C21H17ClN2O. The van der Waals surface area contributed by atoms with Crippen molar-refractivity contribution in [3.05, 3.63) is 95.3 Å². The van der Waals surface area contributed by atoms with Crippen LogP contribution in [0.5, 0.6) is 5.75 Å². The topological polar surface area (TPSA) is 27.1 Å². The Bertz CT molecular complexity index is 995. The lowest BCUT2D eigenvalue weighted by Crippen LogP contribution is -2.08. The zero-order valence-electron chi connectivity index (χ0n) is 13.6. The molecule has 3 aromatic carbocycles. The molecule has 0 radical (unpaired) electrons. The number of halogens is 1. The van der Waals surface area contributed by atoms with Gasteiger partial charge in [-0.3, -0.25) is 0 Å². The summed E-state index contributed by atoms with van der Waals surface area (Å²) in [4.78, 5) is 4.75. The minimum atomic E-state index is 0.406. The maximum atomic E-state index is 6.35. The van der Waals surface area contributed by atoms with Gasteiger partial charge in [0.15, 0.2) is 0 Å². The number of nitrogens with zero attached hydrogens (tertiary/aromatic N) is 2. The molecule has 0 saturated carbocycles. The molecule has 4 rings (SSSR count). The Hall–Kier alpha value is -2.78. The summed E-state index contributed by atoms with van der Waals surface area (Å²) in [5, 5.41) is 0.759. The Morgan fingerprint density at radius 2 is 1.56 bits per heavy atom. The van der Waals surface area contributed by atoms with Crippen LogP contribution < -0.4 is 4.74 Å². The summed E-state index contributed by atoms with van der Waals surface area (Å²) in [6.45, 7) is 1.07. The first-order chi connectivity index (χ1) is 12.3. The highest BCUT2D eigenvalue weighted by atomic mass is 35.5. The lowest BCUT2D eigenvalue weighted by molar-refractivity contribution is 0.291. The standard InChI is InChI=1S/C21H17ClN2O/c22-18-11-5-4-8-16(18)14-24-20-13-7-6-12-19(20)23-21(24)15-25-17-9-2-1-3-10-17/h1-13H,14-15H2. The van der Waals surface area contributed by atoms with Crippen LogP contribution in [0.3, 0.4) is 0 Å². The molecule has 0 N–H and O–H groups in total. The van der Waals surface area contributed by atoms with Gasteiger partial charge < -0.3 is 9.30 Å². The minimum absolute atomic E-state index is 0.406. The Morgan fingerprint density at radius 3 is 2.40 bits per heavy atom. The van der Waals surface area contributed by atoms with Gasteiger partial charge >= 0.3 is 0 Å². The van der Waals surface area contributed by atoms with Crippen LogP contribution in [0, 0.1) is 0 Å². The predicted molar refractivity (Wildman–Crippen MR) is 101 cm³/mol. The zero-order chi connectivity index (χ0) is 17.1. The smallest absolute Gasteiger partial charge is 0.148 e. The van der Waals surface area contributed by atoms with Gasteiger partial charge in [-0.2, -0.15) is 0 Å². The third kappa shape index (κ3) is 3.37. The fourth-order valence-corrected chi connectivity index (χ4v) is 3.07. The molecule has 0 fully saturated rings. The van der Waals surface area contributed by atoms with Crippen molar-refractivity contribution < 1.29 is 4.74 Å². The molecule has 25 heavy (non-hydrogen) atoms. The molecule has 1 aromatic heterocycles. The van der Waals surface area contributed by atoms with Gasteiger partial charge in [0.25, 0.3) is 0 Å². The molecule has 1 heterocycles. The number of fused-ring (bicyclic) bond motifs is 1. The molecule has 0 atom stereocenters. The SMILES string of the molecule is Clc1ccccc1Cn1c(COc2ccccc2)nc2ccccc21. The van der Waals surface area contributed by atoms with Crippen molar-refractivity contribution in [2.75, 3.05) is 0 Å². The van der Waals surface area contributed by atoms with Gasteiger partial charge in [0, 0.05) is 5.02 Å². The molecule has 3 nitrogen and oxygen atoms in total. The highest BCUT2D eigenvalue weighted by Gasteiger charge is 2.12. The summed E-state index contributed by atoms with van der Waals surface area (Å²) < 4.78 is 8.08. The molecule has 0 spiro atoms. The van der Waals surface area contributed by atoms with Gasteiger partial charge in [-0.1, -0.05) is 60.1 Å². The molecule has 0 saturated heterocycles. The maximum absolute atomic E-state index is 6.35. The van der Waals surface area contributed by atoms with E-state index in [0.29, 0.717) is 13.2 Å². The lowest BCUT2D eigenvalue weighted by atomic mass is 10.2. The number of aromatic nitrogens is 2. The normalized spacial score (nSPS) is 10.9.